The molecule has 3 heterocycles. The van der Waals surface area contributed by atoms with E-state index < -0.39 is 5.41 Å². The first-order chi connectivity index (χ1) is 46.6. The lowest BCUT2D eigenvalue weighted by molar-refractivity contribution is 0.669. The molecule has 0 fully saturated rings. The van der Waals surface area contributed by atoms with E-state index in [-0.39, 0.29) is 0 Å². The van der Waals surface area contributed by atoms with Crippen molar-refractivity contribution in [2.75, 3.05) is 9.80 Å². The summed E-state index contributed by atoms with van der Waals surface area (Å²) >= 11 is 1.89. The number of fused-ring (bicyclic) bond motifs is 16. The summed E-state index contributed by atoms with van der Waals surface area (Å²) < 4.78 is 13.9. The zero-order valence-corrected chi connectivity index (χ0v) is 51.8. The first-order valence-electron chi connectivity index (χ1n) is 32.1. The monoisotopic (exact) mass is 1220 g/mol. The third-order valence-electron chi connectivity index (χ3n) is 19.5. The van der Waals surface area contributed by atoms with Gasteiger partial charge in [0.25, 0.3) is 0 Å². The second kappa shape index (κ2) is 21.6. The second-order valence-electron chi connectivity index (χ2n) is 24.5. The summed E-state index contributed by atoms with van der Waals surface area (Å²) in [5.74, 6) is 0. The van der Waals surface area contributed by atoms with Crippen LogP contribution < -0.4 is 9.80 Å². The van der Waals surface area contributed by atoms with Crippen LogP contribution in [0.25, 0.3) is 110 Å². The van der Waals surface area contributed by atoms with Gasteiger partial charge in [-0.3, -0.25) is 0 Å². The maximum atomic E-state index is 7.03. The molecule has 5 heteroatoms. The highest BCUT2D eigenvalue weighted by molar-refractivity contribution is 7.99. The molecule has 0 radical (unpaired) electrons. The van der Waals surface area contributed by atoms with Gasteiger partial charge in [-0.2, -0.15) is 0 Å². The first-order valence-corrected chi connectivity index (χ1v) is 32.9. The molecule has 1 spiro atoms. The van der Waals surface area contributed by atoms with Gasteiger partial charge in [0.05, 0.1) is 22.2 Å². The molecule has 0 N–H and O–H groups in total. The van der Waals surface area contributed by atoms with Crippen molar-refractivity contribution in [2.24, 2.45) is 0 Å². The lowest BCUT2D eigenvalue weighted by Crippen LogP contribution is -2.32. The summed E-state index contributed by atoms with van der Waals surface area (Å²) in [4.78, 5) is 7.38. The molecule has 0 atom stereocenters. The van der Waals surface area contributed by atoms with Gasteiger partial charge in [0.1, 0.15) is 22.3 Å². The Labute approximate surface area is 548 Å². The van der Waals surface area contributed by atoms with Crippen molar-refractivity contribution >= 4 is 101 Å². The molecule has 2 aliphatic rings. The van der Waals surface area contributed by atoms with E-state index in [0.29, 0.717) is 0 Å². The molecule has 1 aliphatic heterocycles. The summed E-state index contributed by atoms with van der Waals surface area (Å²) in [6, 6.07) is 124. The van der Waals surface area contributed by atoms with Crippen molar-refractivity contribution in [3.05, 3.63) is 362 Å². The summed E-state index contributed by atoms with van der Waals surface area (Å²) in [7, 11) is 0. The third kappa shape index (κ3) is 8.28. The van der Waals surface area contributed by atoms with Crippen LogP contribution in [0.2, 0.25) is 0 Å². The standard InChI is InChI=1S/C89H56N2O2S/c1-5-24-57(25-6-1)58-44-46-61(47-45-58)74-54-65(55-75-70-36-17-21-42-81(70)92-86(74)75)90(62-29-9-3-10-30-62)64-49-53-83-79(56-64)89(76-39-19-15-34-68(76)69-35-16-20-40-77(69)89)78-41-23-38-72(88(78)94-83)71-50-48-60-28-13-14-33-66(60)85(71)91(63-31-11-4-12-32-63)80-52-51-67(59-26-7-2-8-27-59)87-84(80)73-37-18-22-43-82(73)93-87/h1-56H. The zero-order chi connectivity index (χ0) is 61.8. The Morgan fingerprint density at radius 3 is 1.53 bits per heavy atom. The van der Waals surface area contributed by atoms with E-state index in [1.165, 1.54) is 54.3 Å². The van der Waals surface area contributed by atoms with Crippen LogP contribution in [0.5, 0.6) is 0 Å². The number of nitrogens with zero attached hydrogens (tertiary/aromatic N) is 2. The van der Waals surface area contributed by atoms with Crippen LogP contribution in [0.3, 0.4) is 0 Å². The molecule has 94 heavy (non-hydrogen) atoms. The summed E-state index contributed by atoms with van der Waals surface area (Å²) in [6.07, 6.45) is 0. The third-order valence-corrected chi connectivity index (χ3v) is 20.7. The first kappa shape index (κ1) is 53.9. The van der Waals surface area contributed by atoms with Gasteiger partial charge in [-0.1, -0.05) is 273 Å². The van der Waals surface area contributed by atoms with Gasteiger partial charge in [0, 0.05) is 70.8 Å². The summed E-state index contributed by atoms with van der Waals surface area (Å²) in [5.41, 5.74) is 25.4. The van der Waals surface area contributed by atoms with Crippen molar-refractivity contribution in [3.63, 3.8) is 0 Å². The van der Waals surface area contributed by atoms with Crippen molar-refractivity contribution in [2.45, 2.75) is 15.2 Å². The van der Waals surface area contributed by atoms with E-state index in [9.17, 15) is 0 Å². The average Bonchev–Trinajstić information content (AvgIpc) is 1.43. The topological polar surface area (TPSA) is 32.8 Å². The maximum absolute atomic E-state index is 7.03. The van der Waals surface area contributed by atoms with E-state index in [4.69, 9.17) is 8.83 Å². The Hall–Kier alpha value is -11.9. The van der Waals surface area contributed by atoms with E-state index in [1.807, 2.05) is 11.8 Å². The van der Waals surface area contributed by atoms with Crippen molar-refractivity contribution < 1.29 is 8.83 Å². The molecule has 0 saturated heterocycles. The second-order valence-corrected chi connectivity index (χ2v) is 25.6. The van der Waals surface area contributed by atoms with Crippen LogP contribution >= 0.6 is 11.8 Å². The quantitative estimate of drug-likeness (QED) is 0.136. The number of anilines is 6. The van der Waals surface area contributed by atoms with Crippen LogP contribution in [-0.4, -0.2) is 0 Å². The maximum Gasteiger partial charge on any atom is 0.145 e. The SMILES string of the molecule is c1ccc(-c2ccc(-c3cc(N(c4ccccc4)c4ccc5c(c4)C4(c6ccccc6-c6ccccc64)c4cccc(-c6ccc7ccccc7c6N(c6ccccc6)c6ccc(-c7ccccc7)c7oc8ccccc8c67)c4S5)cc4c3oc3ccccc34)cc2)cc1. The van der Waals surface area contributed by atoms with E-state index in [1.54, 1.807) is 0 Å². The number of benzene rings is 15. The fourth-order valence-corrected chi connectivity index (χ4v) is 16.7. The molecule has 440 valence electrons. The number of hydrogen-bond donors (Lipinski definition) is 0. The number of rotatable bonds is 10. The molecule has 0 amide bonds. The Kier molecular flexibility index (Phi) is 12.4. The molecule has 2 aromatic heterocycles. The number of furan rings is 2. The average molecular weight is 1220 g/mol. The zero-order valence-electron chi connectivity index (χ0n) is 51.0. The molecule has 19 rings (SSSR count). The van der Waals surface area contributed by atoms with Gasteiger partial charge in [0.15, 0.2) is 0 Å². The van der Waals surface area contributed by atoms with E-state index in [0.717, 1.165) is 122 Å². The van der Waals surface area contributed by atoms with Crippen LogP contribution in [-0.2, 0) is 5.41 Å². The smallest absolute Gasteiger partial charge is 0.145 e. The fourth-order valence-electron chi connectivity index (χ4n) is 15.4. The highest BCUT2D eigenvalue weighted by Gasteiger charge is 2.51. The largest absolute Gasteiger partial charge is 0.455 e. The van der Waals surface area contributed by atoms with Crippen molar-refractivity contribution in [1.29, 1.82) is 0 Å². The molecule has 1 aliphatic carbocycles. The lowest BCUT2D eigenvalue weighted by Gasteiger charge is -2.41. The van der Waals surface area contributed by atoms with Crippen LogP contribution in [0.1, 0.15) is 22.3 Å². The van der Waals surface area contributed by atoms with Crippen LogP contribution in [0.15, 0.2) is 358 Å². The van der Waals surface area contributed by atoms with Crippen LogP contribution in [0.4, 0.5) is 34.1 Å². The molecular weight excluding hydrogens is 1160 g/mol. The predicted molar refractivity (Wildman–Crippen MR) is 391 cm³/mol. The normalized spacial score (nSPS) is 12.7. The fraction of sp³-hybridized carbons (Fsp3) is 0.0112. The minimum Gasteiger partial charge on any atom is -0.455 e. The molecular formula is C89H56N2O2S. The van der Waals surface area contributed by atoms with Gasteiger partial charge in [-0.15, -0.1) is 0 Å². The number of hydrogen-bond acceptors (Lipinski definition) is 5. The number of para-hydroxylation sites is 4. The molecule has 0 unspecified atom stereocenters. The van der Waals surface area contributed by atoms with Gasteiger partial charge < -0.3 is 18.6 Å². The highest BCUT2D eigenvalue weighted by atomic mass is 32.2. The van der Waals surface area contributed by atoms with Crippen molar-refractivity contribution in [1.82, 2.24) is 0 Å². The van der Waals surface area contributed by atoms with Crippen molar-refractivity contribution in [3.8, 4) is 55.6 Å². The molecule has 0 saturated carbocycles. The Bertz CT molecular complexity index is 5790. The van der Waals surface area contributed by atoms with E-state index in [2.05, 4.69) is 350 Å². The van der Waals surface area contributed by atoms with E-state index >= 15 is 0 Å². The summed E-state index contributed by atoms with van der Waals surface area (Å²) in [6.45, 7) is 0. The Morgan fingerprint density at radius 2 is 0.809 bits per heavy atom. The van der Waals surface area contributed by atoms with Crippen LogP contribution in [0, 0.1) is 0 Å². The molecule has 4 nitrogen and oxygen atoms in total. The Balaban J connectivity index is 0.849. The predicted octanol–water partition coefficient (Wildman–Crippen LogP) is 25.1. The molecule has 0 bridgehead atoms. The van der Waals surface area contributed by atoms with Gasteiger partial charge in [-0.05, 0) is 145 Å². The summed E-state index contributed by atoms with van der Waals surface area (Å²) in [5, 5.41) is 6.55. The highest BCUT2D eigenvalue weighted by Crippen LogP contribution is 2.65. The van der Waals surface area contributed by atoms with Gasteiger partial charge >= 0.3 is 0 Å². The minimum absolute atomic E-state index is 0.737. The minimum atomic E-state index is -0.737. The molecule has 15 aromatic carbocycles. The lowest BCUT2D eigenvalue weighted by atomic mass is 9.66. The van der Waals surface area contributed by atoms with Gasteiger partial charge in [-0.25, -0.2) is 0 Å². The Morgan fingerprint density at radius 1 is 0.277 bits per heavy atom. The van der Waals surface area contributed by atoms with Gasteiger partial charge in [0.2, 0.25) is 0 Å². The molecule has 17 aromatic rings.